The molecule has 1 amide bonds. The molecule has 0 N–H and O–H groups in total. The number of pyridine rings is 1. The number of methoxy groups -OCH3 is 1. The Labute approximate surface area is 175 Å². The highest BCUT2D eigenvalue weighted by Crippen LogP contribution is 2.40. The number of aromatic nitrogens is 1. The highest BCUT2D eigenvalue weighted by atomic mass is 32.1. The minimum absolute atomic E-state index is 0.00255. The summed E-state index contributed by atoms with van der Waals surface area (Å²) in [5, 5.41) is 1.32. The largest absolute Gasteiger partial charge is 0.465 e. The molecule has 0 unspecified atom stereocenters. The number of carbonyl (C=O) groups is 2. The molecule has 1 aliphatic rings. The van der Waals surface area contributed by atoms with Crippen LogP contribution < -0.4 is 4.90 Å². The first kappa shape index (κ1) is 22.1. The highest BCUT2D eigenvalue weighted by Gasteiger charge is 2.36. The van der Waals surface area contributed by atoms with Crippen LogP contribution in [0.4, 0.5) is 23.8 Å². The smallest absolute Gasteiger partial charge is 0.417 e. The summed E-state index contributed by atoms with van der Waals surface area (Å²) in [7, 11) is 1.16. The summed E-state index contributed by atoms with van der Waals surface area (Å²) in [6, 6.07) is 0.989. The van der Waals surface area contributed by atoms with E-state index in [2.05, 4.69) is 9.72 Å². The van der Waals surface area contributed by atoms with Crippen molar-refractivity contribution in [1.29, 1.82) is 0 Å². The van der Waals surface area contributed by atoms with Crippen molar-refractivity contribution >= 4 is 39.4 Å². The molecule has 7 nitrogen and oxygen atoms in total. The zero-order chi connectivity index (χ0) is 22.3. The van der Waals surface area contributed by atoms with Crippen molar-refractivity contribution in [3.63, 3.8) is 0 Å². The van der Waals surface area contributed by atoms with Gasteiger partial charge in [0, 0.05) is 31.6 Å². The molecule has 0 radical (unpaired) electrons. The number of piperazine rings is 1. The maximum atomic E-state index is 13.7. The third-order valence-electron chi connectivity index (χ3n) is 4.48. The van der Waals surface area contributed by atoms with Gasteiger partial charge in [-0.3, -0.25) is 0 Å². The Balaban J connectivity index is 1.89. The van der Waals surface area contributed by atoms with Gasteiger partial charge in [-0.05, 0) is 26.8 Å². The van der Waals surface area contributed by atoms with E-state index >= 15 is 0 Å². The van der Waals surface area contributed by atoms with Crippen molar-refractivity contribution in [3.8, 4) is 0 Å². The number of halogens is 3. The molecule has 2 aromatic heterocycles. The van der Waals surface area contributed by atoms with Crippen molar-refractivity contribution < 1.29 is 32.2 Å². The molecule has 2 aromatic rings. The van der Waals surface area contributed by atoms with Crippen molar-refractivity contribution in [2.75, 3.05) is 38.2 Å². The van der Waals surface area contributed by atoms with Crippen molar-refractivity contribution in [1.82, 2.24) is 9.88 Å². The van der Waals surface area contributed by atoms with E-state index in [0.29, 0.717) is 0 Å². The van der Waals surface area contributed by atoms with Crippen LogP contribution in [0.2, 0.25) is 0 Å². The molecule has 3 heterocycles. The molecule has 0 aromatic carbocycles. The molecule has 1 aliphatic heterocycles. The number of esters is 1. The maximum absolute atomic E-state index is 13.7. The minimum atomic E-state index is -4.60. The van der Waals surface area contributed by atoms with Crippen molar-refractivity contribution in [2.24, 2.45) is 0 Å². The molecule has 0 atom stereocenters. The third kappa shape index (κ3) is 4.61. The lowest BCUT2D eigenvalue weighted by Gasteiger charge is -2.36. The molecule has 0 spiro atoms. The number of anilines is 1. The van der Waals surface area contributed by atoms with Crippen LogP contribution in [-0.4, -0.2) is 60.8 Å². The van der Waals surface area contributed by atoms with Gasteiger partial charge in [0.15, 0.2) is 0 Å². The Hall–Kier alpha value is -2.56. The summed E-state index contributed by atoms with van der Waals surface area (Å²) in [6.45, 7) is 6.42. The van der Waals surface area contributed by atoms with Crippen LogP contribution >= 0.6 is 11.3 Å². The van der Waals surface area contributed by atoms with Gasteiger partial charge in [-0.2, -0.15) is 13.2 Å². The van der Waals surface area contributed by atoms with Crippen LogP contribution in [0.1, 0.15) is 36.7 Å². The van der Waals surface area contributed by atoms with Gasteiger partial charge < -0.3 is 19.3 Å². The van der Waals surface area contributed by atoms with Crippen molar-refractivity contribution in [2.45, 2.75) is 32.5 Å². The predicted molar refractivity (Wildman–Crippen MR) is 106 cm³/mol. The number of fused-ring (bicyclic) bond motifs is 1. The third-order valence-corrected chi connectivity index (χ3v) is 5.48. The first-order valence-corrected chi connectivity index (χ1v) is 10.1. The first-order chi connectivity index (χ1) is 13.9. The number of nitrogens with zero attached hydrogens (tertiary/aromatic N) is 3. The Morgan fingerprint density at radius 2 is 1.77 bits per heavy atom. The summed E-state index contributed by atoms with van der Waals surface area (Å²) in [5.74, 6) is -0.643. The molecule has 30 heavy (non-hydrogen) atoms. The predicted octanol–water partition coefficient (Wildman–Crippen LogP) is 4.16. The van der Waals surface area contributed by atoms with Gasteiger partial charge in [0.2, 0.25) is 0 Å². The molecule has 1 fully saturated rings. The fourth-order valence-corrected chi connectivity index (χ4v) is 4.08. The number of hydrogen-bond acceptors (Lipinski definition) is 7. The SMILES string of the molecule is COC(=O)c1csc2c(C(F)(F)F)cc(N3CCN(C(=O)OC(C)(C)C)CC3)nc12. The van der Waals surface area contributed by atoms with E-state index in [9.17, 15) is 22.8 Å². The van der Waals surface area contributed by atoms with Gasteiger partial charge in [0.25, 0.3) is 0 Å². The Morgan fingerprint density at radius 1 is 1.13 bits per heavy atom. The number of amides is 1. The van der Waals surface area contributed by atoms with Crippen molar-refractivity contribution in [3.05, 3.63) is 22.6 Å². The van der Waals surface area contributed by atoms with E-state index in [0.717, 1.165) is 24.5 Å². The lowest BCUT2D eigenvalue weighted by atomic mass is 10.1. The second-order valence-electron chi connectivity index (χ2n) is 7.80. The standard InChI is InChI=1S/C19H22F3N3O4S/c1-18(2,3)29-17(27)25-7-5-24(6-8-25)13-9-12(19(20,21)22)15-14(23-13)11(10-30-15)16(26)28-4/h9-10H,5-8H2,1-4H3. The lowest BCUT2D eigenvalue weighted by molar-refractivity contribution is -0.136. The molecule has 3 rings (SSSR count). The average Bonchev–Trinajstić information content (AvgIpc) is 3.08. The summed E-state index contributed by atoms with van der Waals surface area (Å²) in [5.41, 5.74) is -1.52. The van der Waals surface area contributed by atoms with Gasteiger partial charge in [-0.1, -0.05) is 0 Å². The fraction of sp³-hybridized carbons (Fsp3) is 0.526. The Bertz CT molecular complexity index is 960. The van der Waals surface area contributed by atoms with Gasteiger partial charge in [0.1, 0.15) is 11.4 Å². The Morgan fingerprint density at radius 3 is 2.30 bits per heavy atom. The lowest BCUT2D eigenvalue weighted by Crippen LogP contribution is -2.50. The van der Waals surface area contributed by atoms with Crippen LogP contribution in [0.3, 0.4) is 0 Å². The molecule has 0 bridgehead atoms. The van der Waals surface area contributed by atoms with E-state index in [4.69, 9.17) is 4.74 Å². The zero-order valence-corrected chi connectivity index (χ0v) is 17.8. The number of ether oxygens (including phenoxy) is 2. The first-order valence-electron chi connectivity index (χ1n) is 9.21. The van der Waals surface area contributed by atoms with Crippen LogP contribution in [0.15, 0.2) is 11.4 Å². The second kappa shape index (κ2) is 7.93. The molecular weight excluding hydrogens is 423 g/mol. The second-order valence-corrected chi connectivity index (χ2v) is 8.68. The monoisotopic (exact) mass is 445 g/mol. The zero-order valence-electron chi connectivity index (χ0n) is 17.0. The summed E-state index contributed by atoms with van der Waals surface area (Å²) < 4.78 is 50.9. The summed E-state index contributed by atoms with van der Waals surface area (Å²) in [4.78, 5) is 31.7. The molecule has 1 saturated heterocycles. The van der Waals surface area contributed by atoms with Crippen LogP contribution in [-0.2, 0) is 15.7 Å². The van der Waals surface area contributed by atoms with E-state index < -0.39 is 29.4 Å². The quantitative estimate of drug-likeness (QED) is 0.647. The molecular formula is C19H22F3N3O4S. The number of rotatable bonds is 2. The van der Waals surface area contributed by atoms with Crippen LogP contribution in [0.25, 0.3) is 10.2 Å². The minimum Gasteiger partial charge on any atom is -0.465 e. The molecule has 164 valence electrons. The number of thiophene rings is 1. The Kier molecular flexibility index (Phi) is 5.85. The van der Waals surface area contributed by atoms with Crippen LogP contribution in [0, 0.1) is 0 Å². The molecule has 0 saturated carbocycles. The van der Waals surface area contributed by atoms with Gasteiger partial charge in [-0.15, -0.1) is 11.3 Å². The summed E-state index contributed by atoms with van der Waals surface area (Å²) in [6.07, 6.45) is -5.07. The fourth-order valence-electron chi connectivity index (χ4n) is 3.07. The normalized spacial score (nSPS) is 15.4. The van der Waals surface area contributed by atoms with E-state index in [1.807, 2.05) is 0 Å². The van der Waals surface area contributed by atoms with Crippen LogP contribution in [0.5, 0.6) is 0 Å². The van der Waals surface area contributed by atoms with Gasteiger partial charge in [-0.25, -0.2) is 14.6 Å². The average molecular weight is 445 g/mol. The van der Waals surface area contributed by atoms with E-state index in [1.54, 1.807) is 25.7 Å². The number of alkyl halides is 3. The molecule has 0 aliphatic carbocycles. The van der Waals surface area contributed by atoms with Gasteiger partial charge in [0.05, 0.1) is 28.5 Å². The number of carbonyl (C=O) groups excluding carboxylic acids is 2. The maximum Gasteiger partial charge on any atom is 0.417 e. The molecule has 11 heteroatoms. The number of hydrogen-bond donors (Lipinski definition) is 0. The summed E-state index contributed by atoms with van der Waals surface area (Å²) >= 11 is 0.805. The van der Waals surface area contributed by atoms with E-state index in [-0.39, 0.29) is 47.8 Å². The van der Waals surface area contributed by atoms with E-state index in [1.165, 1.54) is 10.3 Å². The highest BCUT2D eigenvalue weighted by molar-refractivity contribution is 7.17. The topological polar surface area (TPSA) is 72.0 Å². The van der Waals surface area contributed by atoms with Gasteiger partial charge >= 0.3 is 18.2 Å².